The van der Waals surface area contributed by atoms with Crippen molar-refractivity contribution >= 4 is 21.6 Å². The molecule has 2 aromatic carbocycles. The van der Waals surface area contributed by atoms with Gasteiger partial charge in [-0.15, -0.1) is 0 Å². The van der Waals surface area contributed by atoms with Crippen LogP contribution in [0.25, 0.3) is 0 Å². The minimum Gasteiger partial charge on any atom is -0.495 e. The van der Waals surface area contributed by atoms with Gasteiger partial charge in [-0.3, -0.25) is 4.79 Å². The maximum absolute atomic E-state index is 13.6. The van der Waals surface area contributed by atoms with E-state index in [1.54, 1.807) is 6.07 Å². The first-order chi connectivity index (χ1) is 11.3. The highest BCUT2D eigenvalue weighted by Gasteiger charge is 2.24. The quantitative estimate of drug-likeness (QED) is 0.896. The molecule has 1 N–H and O–H groups in total. The van der Waals surface area contributed by atoms with Crippen LogP contribution in [0.5, 0.6) is 5.75 Å². The third-order valence-electron chi connectivity index (χ3n) is 3.31. The lowest BCUT2D eigenvalue weighted by Crippen LogP contribution is -2.23. The number of para-hydroxylation sites is 1. The molecule has 0 fully saturated rings. The van der Waals surface area contributed by atoms with Gasteiger partial charge in [0.15, 0.2) is 0 Å². The molecule has 0 unspecified atom stereocenters. The number of anilines is 1. The van der Waals surface area contributed by atoms with Gasteiger partial charge in [-0.1, -0.05) is 12.1 Å². The Balaban J connectivity index is 2.42. The molecular weight excluding hydrogens is 335 g/mol. The predicted octanol–water partition coefficient (Wildman–Crippen LogP) is 2.34. The van der Waals surface area contributed by atoms with Crippen LogP contribution in [0.15, 0.2) is 47.4 Å². The number of amides is 1. The summed E-state index contributed by atoms with van der Waals surface area (Å²) in [4.78, 5) is 12.1. The average molecular weight is 352 g/mol. The molecule has 2 aromatic rings. The van der Waals surface area contributed by atoms with Crippen LogP contribution in [0.3, 0.4) is 0 Å². The molecule has 1 amide bonds. The number of carbonyl (C=O) groups excluding carboxylic acids is 1. The second kappa shape index (κ2) is 6.98. The van der Waals surface area contributed by atoms with Crippen LogP contribution in [0.1, 0.15) is 10.4 Å². The fraction of sp³-hybridized carbons (Fsp3) is 0.188. The Kier molecular flexibility index (Phi) is 5.20. The van der Waals surface area contributed by atoms with Gasteiger partial charge in [-0.2, -0.15) is 0 Å². The van der Waals surface area contributed by atoms with E-state index in [-0.39, 0.29) is 21.9 Å². The van der Waals surface area contributed by atoms with Crippen LogP contribution in [0, 0.1) is 5.82 Å². The zero-order valence-electron chi connectivity index (χ0n) is 13.4. The molecule has 6 nitrogen and oxygen atoms in total. The van der Waals surface area contributed by atoms with Gasteiger partial charge in [0, 0.05) is 19.7 Å². The standard InChI is InChI=1S/C16H17FN2O4S/c1-19(2)24(21,22)15-10-11(8-9-14(15)23-3)16(20)18-13-7-5-4-6-12(13)17/h4-10H,1-3H3,(H,18,20). The van der Waals surface area contributed by atoms with E-state index >= 15 is 0 Å². The number of rotatable bonds is 5. The monoisotopic (exact) mass is 352 g/mol. The van der Waals surface area contributed by atoms with Gasteiger partial charge in [-0.25, -0.2) is 17.1 Å². The van der Waals surface area contributed by atoms with Gasteiger partial charge >= 0.3 is 0 Å². The molecule has 0 aliphatic rings. The molecule has 24 heavy (non-hydrogen) atoms. The number of nitrogens with zero attached hydrogens (tertiary/aromatic N) is 1. The number of methoxy groups -OCH3 is 1. The van der Waals surface area contributed by atoms with Gasteiger partial charge in [0.05, 0.1) is 12.8 Å². The summed E-state index contributed by atoms with van der Waals surface area (Å²) in [6.07, 6.45) is 0. The average Bonchev–Trinajstić information content (AvgIpc) is 2.56. The van der Waals surface area contributed by atoms with Crippen molar-refractivity contribution in [1.29, 1.82) is 0 Å². The summed E-state index contributed by atoms with van der Waals surface area (Å²) in [6, 6.07) is 9.69. The molecule has 0 saturated heterocycles. The summed E-state index contributed by atoms with van der Waals surface area (Å²) in [5.74, 6) is -1.09. The number of carbonyl (C=O) groups is 1. The highest BCUT2D eigenvalue weighted by atomic mass is 32.2. The lowest BCUT2D eigenvalue weighted by molar-refractivity contribution is 0.102. The molecule has 0 bridgehead atoms. The Morgan fingerprint density at radius 3 is 2.42 bits per heavy atom. The maximum atomic E-state index is 13.6. The van der Waals surface area contributed by atoms with E-state index in [1.165, 1.54) is 57.6 Å². The molecule has 128 valence electrons. The summed E-state index contributed by atoms with van der Waals surface area (Å²) in [7, 11) is 0.286. The van der Waals surface area contributed by atoms with Gasteiger partial charge in [0.2, 0.25) is 10.0 Å². The number of halogens is 1. The summed E-state index contributed by atoms with van der Waals surface area (Å²) in [6.45, 7) is 0. The Morgan fingerprint density at radius 2 is 1.83 bits per heavy atom. The Bertz CT molecular complexity index is 866. The fourth-order valence-electron chi connectivity index (χ4n) is 1.97. The molecule has 2 rings (SSSR count). The van der Waals surface area contributed by atoms with Crippen LogP contribution < -0.4 is 10.1 Å². The third kappa shape index (κ3) is 3.55. The van der Waals surface area contributed by atoms with Gasteiger partial charge < -0.3 is 10.1 Å². The van der Waals surface area contributed by atoms with Crippen LogP contribution in [-0.2, 0) is 10.0 Å². The predicted molar refractivity (Wildman–Crippen MR) is 88.2 cm³/mol. The SMILES string of the molecule is COc1ccc(C(=O)Nc2ccccc2F)cc1S(=O)(=O)N(C)C. The second-order valence-corrected chi connectivity index (χ2v) is 7.21. The number of nitrogens with one attached hydrogen (secondary N) is 1. The molecule has 8 heteroatoms. The van der Waals surface area contributed by atoms with Crippen LogP contribution in [0.4, 0.5) is 10.1 Å². The Morgan fingerprint density at radius 1 is 1.17 bits per heavy atom. The van der Waals surface area contributed by atoms with Crippen LogP contribution >= 0.6 is 0 Å². The fourth-order valence-corrected chi connectivity index (χ4v) is 3.05. The second-order valence-electron chi connectivity index (χ2n) is 5.09. The number of benzene rings is 2. The van der Waals surface area contributed by atoms with E-state index in [9.17, 15) is 17.6 Å². The van der Waals surface area contributed by atoms with E-state index in [1.807, 2.05) is 0 Å². The third-order valence-corrected chi connectivity index (χ3v) is 5.14. The van der Waals surface area contributed by atoms with Crippen molar-refractivity contribution in [2.24, 2.45) is 0 Å². The zero-order chi connectivity index (χ0) is 17.9. The van der Waals surface area contributed by atoms with E-state index in [0.717, 1.165) is 4.31 Å². The number of ether oxygens (including phenoxy) is 1. The minimum atomic E-state index is -3.80. The molecule has 0 saturated carbocycles. The van der Waals surface area contributed by atoms with Crippen LogP contribution in [0.2, 0.25) is 0 Å². The van der Waals surface area contributed by atoms with E-state index in [2.05, 4.69) is 5.32 Å². The Labute approximate surface area is 139 Å². The largest absolute Gasteiger partial charge is 0.495 e. The molecule has 0 radical (unpaired) electrons. The normalized spacial score (nSPS) is 11.4. The maximum Gasteiger partial charge on any atom is 0.255 e. The van der Waals surface area contributed by atoms with Crippen molar-refractivity contribution in [2.45, 2.75) is 4.90 Å². The van der Waals surface area contributed by atoms with Crippen molar-refractivity contribution in [2.75, 3.05) is 26.5 Å². The van der Waals surface area contributed by atoms with E-state index in [0.29, 0.717) is 0 Å². The van der Waals surface area contributed by atoms with E-state index in [4.69, 9.17) is 4.74 Å². The van der Waals surface area contributed by atoms with Crippen molar-refractivity contribution < 1.29 is 22.3 Å². The smallest absolute Gasteiger partial charge is 0.255 e. The number of sulfonamides is 1. The molecule has 0 aromatic heterocycles. The van der Waals surface area contributed by atoms with Crippen molar-refractivity contribution in [3.63, 3.8) is 0 Å². The minimum absolute atomic E-state index is 0.00957. The van der Waals surface area contributed by atoms with Gasteiger partial charge in [0.1, 0.15) is 16.5 Å². The highest BCUT2D eigenvalue weighted by molar-refractivity contribution is 7.89. The molecule has 0 heterocycles. The Hall–Kier alpha value is -2.45. The first-order valence-electron chi connectivity index (χ1n) is 6.94. The topological polar surface area (TPSA) is 75.7 Å². The first kappa shape index (κ1) is 17.9. The first-order valence-corrected chi connectivity index (χ1v) is 8.38. The van der Waals surface area contributed by atoms with Crippen molar-refractivity contribution in [3.8, 4) is 5.75 Å². The molecular formula is C16H17FN2O4S. The van der Waals surface area contributed by atoms with Gasteiger partial charge in [-0.05, 0) is 30.3 Å². The van der Waals surface area contributed by atoms with Crippen LogP contribution in [-0.4, -0.2) is 39.8 Å². The summed E-state index contributed by atoms with van der Waals surface area (Å²) < 4.78 is 44.4. The summed E-state index contributed by atoms with van der Waals surface area (Å²) in [5, 5.41) is 2.41. The van der Waals surface area contributed by atoms with Gasteiger partial charge in [0.25, 0.3) is 5.91 Å². The molecule has 0 aliphatic carbocycles. The number of hydrogen-bond donors (Lipinski definition) is 1. The number of hydrogen-bond acceptors (Lipinski definition) is 4. The molecule has 0 aliphatic heterocycles. The highest BCUT2D eigenvalue weighted by Crippen LogP contribution is 2.27. The van der Waals surface area contributed by atoms with E-state index < -0.39 is 21.7 Å². The molecule has 0 spiro atoms. The lowest BCUT2D eigenvalue weighted by atomic mass is 10.2. The summed E-state index contributed by atoms with van der Waals surface area (Å²) >= 11 is 0. The molecule has 0 atom stereocenters. The van der Waals surface area contributed by atoms with Crippen molar-refractivity contribution in [1.82, 2.24) is 4.31 Å². The zero-order valence-corrected chi connectivity index (χ0v) is 14.2. The summed E-state index contributed by atoms with van der Waals surface area (Å²) in [5.41, 5.74) is 0.0785. The van der Waals surface area contributed by atoms with Crippen molar-refractivity contribution in [3.05, 3.63) is 53.8 Å². The lowest BCUT2D eigenvalue weighted by Gasteiger charge is -2.15.